The number of carbonyl (C=O) groups excluding carboxylic acids is 1. The maximum atomic E-state index is 10.9. The molecule has 0 unspecified atom stereocenters. The highest BCUT2D eigenvalue weighted by molar-refractivity contribution is 5.69. The molecule has 1 heterocycles. The SMILES string of the molecule is O=C1N[C@H](Cc2ccc(-c3ccccc3)cc2)CO1. The summed E-state index contributed by atoms with van der Waals surface area (Å²) in [6.45, 7) is 0.458. The van der Waals surface area contributed by atoms with Crippen LogP contribution in [-0.2, 0) is 11.2 Å². The van der Waals surface area contributed by atoms with Crippen molar-refractivity contribution < 1.29 is 9.53 Å². The lowest BCUT2D eigenvalue weighted by Crippen LogP contribution is -2.28. The van der Waals surface area contributed by atoms with Crippen molar-refractivity contribution in [1.82, 2.24) is 5.32 Å². The van der Waals surface area contributed by atoms with E-state index in [4.69, 9.17) is 4.74 Å². The van der Waals surface area contributed by atoms with E-state index in [1.807, 2.05) is 18.2 Å². The van der Waals surface area contributed by atoms with Crippen molar-refractivity contribution >= 4 is 6.09 Å². The molecule has 19 heavy (non-hydrogen) atoms. The molecule has 0 saturated carbocycles. The van der Waals surface area contributed by atoms with Gasteiger partial charge in [-0.3, -0.25) is 0 Å². The number of hydrogen-bond acceptors (Lipinski definition) is 2. The number of rotatable bonds is 3. The number of amides is 1. The van der Waals surface area contributed by atoms with Crippen LogP contribution in [0.3, 0.4) is 0 Å². The zero-order valence-electron chi connectivity index (χ0n) is 10.5. The lowest BCUT2D eigenvalue weighted by Gasteiger charge is -2.08. The van der Waals surface area contributed by atoms with Gasteiger partial charge >= 0.3 is 6.09 Å². The summed E-state index contributed by atoms with van der Waals surface area (Å²) >= 11 is 0. The monoisotopic (exact) mass is 253 g/mol. The van der Waals surface area contributed by atoms with Gasteiger partial charge in [0.2, 0.25) is 0 Å². The largest absolute Gasteiger partial charge is 0.447 e. The Morgan fingerprint density at radius 2 is 1.68 bits per heavy atom. The second kappa shape index (κ2) is 5.14. The van der Waals surface area contributed by atoms with Gasteiger partial charge in [-0.05, 0) is 23.1 Å². The fraction of sp³-hybridized carbons (Fsp3) is 0.188. The molecule has 0 aromatic heterocycles. The molecule has 2 aromatic rings. The third kappa shape index (κ3) is 2.76. The summed E-state index contributed by atoms with van der Waals surface area (Å²) in [5.74, 6) is 0. The average Bonchev–Trinajstić information content (AvgIpc) is 2.86. The lowest BCUT2D eigenvalue weighted by atomic mass is 10.0. The minimum Gasteiger partial charge on any atom is -0.447 e. The van der Waals surface area contributed by atoms with E-state index in [0.29, 0.717) is 6.61 Å². The zero-order valence-corrected chi connectivity index (χ0v) is 10.5. The molecule has 1 aliphatic rings. The lowest BCUT2D eigenvalue weighted by molar-refractivity contribution is 0.177. The Kier molecular flexibility index (Phi) is 3.19. The predicted octanol–water partition coefficient (Wildman–Crippen LogP) is 3.00. The molecule has 2 aromatic carbocycles. The summed E-state index contributed by atoms with van der Waals surface area (Å²) in [5, 5.41) is 2.79. The van der Waals surface area contributed by atoms with E-state index in [9.17, 15) is 4.79 Å². The molecule has 3 rings (SSSR count). The first-order valence-electron chi connectivity index (χ1n) is 6.39. The highest BCUT2D eigenvalue weighted by Gasteiger charge is 2.21. The van der Waals surface area contributed by atoms with E-state index >= 15 is 0 Å². The molecule has 1 N–H and O–H groups in total. The first-order chi connectivity index (χ1) is 9.31. The van der Waals surface area contributed by atoms with Crippen LogP contribution in [0.5, 0.6) is 0 Å². The molecular weight excluding hydrogens is 238 g/mol. The first-order valence-corrected chi connectivity index (χ1v) is 6.39. The summed E-state index contributed by atoms with van der Waals surface area (Å²) in [5.41, 5.74) is 3.62. The summed E-state index contributed by atoms with van der Waals surface area (Å²) in [6, 6.07) is 18.8. The average molecular weight is 253 g/mol. The molecule has 1 aliphatic heterocycles. The fourth-order valence-corrected chi connectivity index (χ4v) is 2.28. The molecule has 1 saturated heterocycles. The normalized spacial score (nSPS) is 17.9. The number of hydrogen-bond donors (Lipinski definition) is 1. The Morgan fingerprint density at radius 1 is 1.00 bits per heavy atom. The Morgan fingerprint density at radius 3 is 2.32 bits per heavy atom. The van der Waals surface area contributed by atoms with Crippen LogP contribution >= 0.6 is 0 Å². The molecule has 1 amide bonds. The summed E-state index contributed by atoms with van der Waals surface area (Å²) in [7, 11) is 0. The second-order valence-corrected chi connectivity index (χ2v) is 4.71. The van der Waals surface area contributed by atoms with Crippen molar-refractivity contribution in [2.75, 3.05) is 6.61 Å². The van der Waals surface area contributed by atoms with Crippen molar-refractivity contribution in [2.24, 2.45) is 0 Å². The van der Waals surface area contributed by atoms with Crippen molar-refractivity contribution in [1.29, 1.82) is 0 Å². The van der Waals surface area contributed by atoms with Crippen LogP contribution in [0, 0.1) is 0 Å². The van der Waals surface area contributed by atoms with Crippen LogP contribution in [0.15, 0.2) is 54.6 Å². The van der Waals surface area contributed by atoms with Crippen LogP contribution in [0.2, 0.25) is 0 Å². The van der Waals surface area contributed by atoms with Gasteiger partial charge in [0.05, 0.1) is 6.04 Å². The fourth-order valence-electron chi connectivity index (χ4n) is 2.28. The molecule has 0 radical (unpaired) electrons. The maximum Gasteiger partial charge on any atom is 0.407 e. The number of alkyl carbamates (subject to hydrolysis) is 1. The van der Waals surface area contributed by atoms with Gasteiger partial charge in [-0.1, -0.05) is 54.6 Å². The standard InChI is InChI=1S/C16H15NO2/c18-16-17-15(11-19-16)10-12-6-8-14(9-7-12)13-4-2-1-3-5-13/h1-9,15H,10-11H2,(H,17,18)/t15-/m1/s1. The third-order valence-corrected chi connectivity index (χ3v) is 3.28. The van der Waals surface area contributed by atoms with Gasteiger partial charge < -0.3 is 10.1 Å². The van der Waals surface area contributed by atoms with E-state index in [1.165, 1.54) is 16.7 Å². The summed E-state index contributed by atoms with van der Waals surface area (Å²) in [4.78, 5) is 10.9. The van der Waals surface area contributed by atoms with E-state index in [0.717, 1.165) is 6.42 Å². The van der Waals surface area contributed by atoms with Crippen LogP contribution < -0.4 is 5.32 Å². The Balaban J connectivity index is 1.71. The van der Waals surface area contributed by atoms with Crippen molar-refractivity contribution in [2.45, 2.75) is 12.5 Å². The molecule has 3 heteroatoms. The maximum absolute atomic E-state index is 10.9. The number of cyclic esters (lactones) is 1. The Bertz CT molecular complexity index is 563. The van der Waals surface area contributed by atoms with Gasteiger partial charge in [0.25, 0.3) is 0 Å². The zero-order chi connectivity index (χ0) is 13.1. The van der Waals surface area contributed by atoms with Gasteiger partial charge in [-0.2, -0.15) is 0 Å². The van der Waals surface area contributed by atoms with Crippen molar-refractivity contribution in [3.8, 4) is 11.1 Å². The number of carbonyl (C=O) groups is 1. The van der Waals surface area contributed by atoms with Crippen molar-refractivity contribution in [3.05, 3.63) is 60.2 Å². The summed E-state index contributed by atoms with van der Waals surface area (Å²) < 4.78 is 4.88. The topological polar surface area (TPSA) is 38.3 Å². The second-order valence-electron chi connectivity index (χ2n) is 4.71. The van der Waals surface area contributed by atoms with Crippen LogP contribution in [-0.4, -0.2) is 18.7 Å². The minimum absolute atomic E-state index is 0.0927. The van der Waals surface area contributed by atoms with Crippen LogP contribution in [0.1, 0.15) is 5.56 Å². The molecule has 1 atom stereocenters. The number of nitrogens with one attached hydrogen (secondary N) is 1. The first kappa shape index (κ1) is 11.8. The molecule has 0 spiro atoms. The van der Waals surface area contributed by atoms with Crippen LogP contribution in [0.25, 0.3) is 11.1 Å². The molecule has 1 fully saturated rings. The highest BCUT2D eigenvalue weighted by atomic mass is 16.6. The van der Waals surface area contributed by atoms with Gasteiger partial charge in [-0.15, -0.1) is 0 Å². The smallest absolute Gasteiger partial charge is 0.407 e. The molecule has 0 aliphatic carbocycles. The Labute approximate surface area is 112 Å². The quantitative estimate of drug-likeness (QED) is 0.913. The summed E-state index contributed by atoms with van der Waals surface area (Å²) in [6.07, 6.45) is 0.492. The predicted molar refractivity (Wildman–Crippen MR) is 73.9 cm³/mol. The van der Waals surface area contributed by atoms with E-state index < -0.39 is 0 Å². The van der Waals surface area contributed by atoms with Gasteiger partial charge in [0.15, 0.2) is 0 Å². The van der Waals surface area contributed by atoms with Gasteiger partial charge in [0.1, 0.15) is 6.61 Å². The molecule has 96 valence electrons. The molecule has 3 nitrogen and oxygen atoms in total. The highest BCUT2D eigenvalue weighted by Crippen LogP contribution is 2.20. The van der Waals surface area contributed by atoms with E-state index in [-0.39, 0.29) is 12.1 Å². The van der Waals surface area contributed by atoms with Gasteiger partial charge in [-0.25, -0.2) is 4.79 Å². The number of benzene rings is 2. The van der Waals surface area contributed by atoms with Crippen LogP contribution in [0.4, 0.5) is 4.79 Å². The van der Waals surface area contributed by atoms with Gasteiger partial charge in [0, 0.05) is 0 Å². The van der Waals surface area contributed by atoms with Crippen molar-refractivity contribution in [3.63, 3.8) is 0 Å². The third-order valence-electron chi connectivity index (χ3n) is 3.28. The molecular formula is C16H15NO2. The Hall–Kier alpha value is -2.29. The molecule has 0 bridgehead atoms. The van der Waals surface area contributed by atoms with E-state index in [1.54, 1.807) is 0 Å². The van der Waals surface area contributed by atoms with E-state index in [2.05, 4.69) is 41.7 Å². The minimum atomic E-state index is -0.314. The number of ether oxygens (including phenoxy) is 1.